The number of nitrogens with one attached hydrogen (secondary N) is 1. The molecule has 1 aliphatic carbocycles. The molecule has 2 aromatic carbocycles. The molecule has 0 unspecified atom stereocenters. The van der Waals surface area contributed by atoms with Crippen LogP contribution in [0.4, 0.5) is 0 Å². The molecule has 5 nitrogen and oxygen atoms in total. The number of Topliss-reactive ketones (excluding diaryl/α,β-unsaturated/α-hetero) is 1. The van der Waals surface area contributed by atoms with Crippen LogP contribution in [0.15, 0.2) is 53.4 Å². The lowest BCUT2D eigenvalue weighted by molar-refractivity contribution is -0.120. The maximum atomic E-state index is 12.3. The Morgan fingerprint density at radius 1 is 0.926 bits per heavy atom. The topological polar surface area (TPSA) is 80.3 Å². The standard InChI is InChI=1S/C21H23NO4S/c23-20(18-10-9-16-5-4-6-17(16)15-18)11-12-21(24)22-13-14-27(25,26)19-7-2-1-3-8-19/h1-3,7-10,15H,4-6,11-14H2,(H,22,24). The van der Waals surface area contributed by atoms with E-state index in [9.17, 15) is 18.0 Å². The smallest absolute Gasteiger partial charge is 0.220 e. The zero-order valence-electron chi connectivity index (χ0n) is 15.1. The molecule has 142 valence electrons. The van der Waals surface area contributed by atoms with Crippen molar-refractivity contribution in [1.29, 1.82) is 0 Å². The van der Waals surface area contributed by atoms with E-state index in [1.807, 2.05) is 18.2 Å². The predicted octanol–water partition coefficient (Wildman–Crippen LogP) is 2.73. The van der Waals surface area contributed by atoms with Crippen molar-refractivity contribution in [3.63, 3.8) is 0 Å². The van der Waals surface area contributed by atoms with Crippen molar-refractivity contribution in [2.75, 3.05) is 12.3 Å². The lowest BCUT2D eigenvalue weighted by Crippen LogP contribution is -2.29. The number of rotatable bonds is 8. The number of aryl methyl sites for hydroxylation is 2. The molecule has 1 aliphatic rings. The molecule has 1 amide bonds. The molecule has 0 fully saturated rings. The van der Waals surface area contributed by atoms with Crippen LogP contribution in [0.25, 0.3) is 0 Å². The Bertz CT molecular complexity index is 936. The van der Waals surface area contributed by atoms with E-state index in [2.05, 4.69) is 5.32 Å². The Kier molecular flexibility index (Phi) is 6.06. The second kappa shape index (κ2) is 8.48. The van der Waals surface area contributed by atoms with E-state index in [1.165, 1.54) is 23.3 Å². The summed E-state index contributed by atoms with van der Waals surface area (Å²) in [5, 5.41) is 2.59. The number of hydrogen-bond acceptors (Lipinski definition) is 4. The fraction of sp³-hybridized carbons (Fsp3) is 0.333. The summed E-state index contributed by atoms with van der Waals surface area (Å²) in [4.78, 5) is 24.5. The van der Waals surface area contributed by atoms with Crippen LogP contribution >= 0.6 is 0 Å². The van der Waals surface area contributed by atoms with Gasteiger partial charge in [-0.3, -0.25) is 9.59 Å². The van der Waals surface area contributed by atoms with Crippen molar-refractivity contribution >= 4 is 21.5 Å². The average Bonchev–Trinajstić information content (AvgIpc) is 3.14. The Morgan fingerprint density at radius 2 is 1.67 bits per heavy atom. The number of carbonyl (C=O) groups excluding carboxylic acids is 2. The van der Waals surface area contributed by atoms with E-state index in [0.717, 1.165) is 19.3 Å². The van der Waals surface area contributed by atoms with Crippen molar-refractivity contribution in [3.8, 4) is 0 Å². The summed E-state index contributed by atoms with van der Waals surface area (Å²) in [5.41, 5.74) is 3.19. The summed E-state index contributed by atoms with van der Waals surface area (Å²) in [7, 11) is -3.42. The Balaban J connectivity index is 1.44. The van der Waals surface area contributed by atoms with Crippen molar-refractivity contribution in [2.45, 2.75) is 37.0 Å². The molecule has 6 heteroatoms. The van der Waals surface area contributed by atoms with Crippen LogP contribution in [0.5, 0.6) is 0 Å². The van der Waals surface area contributed by atoms with Crippen molar-refractivity contribution < 1.29 is 18.0 Å². The van der Waals surface area contributed by atoms with Crippen molar-refractivity contribution in [1.82, 2.24) is 5.32 Å². The molecule has 0 spiro atoms. The highest BCUT2D eigenvalue weighted by Gasteiger charge is 2.16. The number of ketones is 1. The predicted molar refractivity (Wildman–Crippen MR) is 104 cm³/mol. The Hall–Kier alpha value is -2.47. The zero-order valence-corrected chi connectivity index (χ0v) is 15.9. The van der Waals surface area contributed by atoms with Gasteiger partial charge >= 0.3 is 0 Å². The van der Waals surface area contributed by atoms with E-state index in [1.54, 1.807) is 18.2 Å². The highest BCUT2D eigenvalue weighted by atomic mass is 32.2. The summed E-state index contributed by atoms with van der Waals surface area (Å²) in [6.45, 7) is 0.0308. The van der Waals surface area contributed by atoms with Crippen LogP contribution in [0, 0.1) is 0 Å². The molecule has 0 saturated carbocycles. The molecule has 0 heterocycles. The molecule has 1 N–H and O–H groups in total. The molecule has 0 aliphatic heterocycles. The SMILES string of the molecule is O=C(CCC(=O)c1ccc2c(c1)CCC2)NCCS(=O)(=O)c1ccccc1. The van der Waals surface area contributed by atoms with E-state index in [-0.39, 0.29) is 41.7 Å². The number of sulfone groups is 1. The molecular weight excluding hydrogens is 362 g/mol. The monoisotopic (exact) mass is 385 g/mol. The van der Waals surface area contributed by atoms with Gasteiger partial charge in [-0.1, -0.05) is 30.3 Å². The van der Waals surface area contributed by atoms with Crippen LogP contribution in [0.1, 0.15) is 40.7 Å². The van der Waals surface area contributed by atoms with E-state index >= 15 is 0 Å². The molecule has 27 heavy (non-hydrogen) atoms. The number of benzene rings is 2. The van der Waals surface area contributed by atoms with E-state index < -0.39 is 9.84 Å². The van der Waals surface area contributed by atoms with Gasteiger partial charge in [0.15, 0.2) is 15.6 Å². The van der Waals surface area contributed by atoms with Crippen LogP contribution in [0.2, 0.25) is 0 Å². The van der Waals surface area contributed by atoms with Gasteiger partial charge in [0.2, 0.25) is 5.91 Å². The first-order valence-electron chi connectivity index (χ1n) is 9.15. The average molecular weight is 385 g/mol. The van der Waals surface area contributed by atoms with Gasteiger partial charge in [-0.25, -0.2) is 8.42 Å². The second-order valence-corrected chi connectivity index (χ2v) is 8.85. The minimum atomic E-state index is -3.42. The van der Waals surface area contributed by atoms with Crippen LogP contribution < -0.4 is 5.32 Å². The fourth-order valence-corrected chi connectivity index (χ4v) is 4.45. The largest absolute Gasteiger partial charge is 0.355 e. The van der Waals surface area contributed by atoms with Crippen LogP contribution in [-0.4, -0.2) is 32.4 Å². The summed E-state index contributed by atoms with van der Waals surface area (Å²) >= 11 is 0. The molecule has 2 aromatic rings. The number of hydrogen-bond donors (Lipinski definition) is 1. The Morgan fingerprint density at radius 3 is 2.44 bits per heavy atom. The van der Waals surface area contributed by atoms with E-state index in [4.69, 9.17) is 0 Å². The third-order valence-corrected chi connectivity index (χ3v) is 6.53. The highest BCUT2D eigenvalue weighted by Crippen LogP contribution is 2.23. The van der Waals surface area contributed by atoms with Gasteiger partial charge in [0, 0.05) is 24.9 Å². The maximum Gasteiger partial charge on any atom is 0.220 e. The lowest BCUT2D eigenvalue weighted by Gasteiger charge is -2.07. The zero-order chi connectivity index (χ0) is 19.3. The minimum absolute atomic E-state index is 0.0308. The first kappa shape index (κ1) is 19.3. The third-order valence-electron chi connectivity index (χ3n) is 4.79. The molecular formula is C21H23NO4S. The lowest BCUT2D eigenvalue weighted by atomic mass is 10.0. The van der Waals surface area contributed by atoms with Gasteiger partial charge in [-0.05, 0) is 48.6 Å². The van der Waals surface area contributed by atoms with Crippen LogP contribution in [-0.2, 0) is 27.5 Å². The number of carbonyl (C=O) groups is 2. The quantitative estimate of drug-likeness (QED) is 0.709. The summed E-state index contributed by atoms with van der Waals surface area (Å²) in [5.74, 6) is -0.536. The number of amides is 1. The minimum Gasteiger partial charge on any atom is -0.355 e. The van der Waals surface area contributed by atoms with Gasteiger partial charge in [0.1, 0.15) is 0 Å². The molecule has 0 saturated heterocycles. The second-order valence-electron chi connectivity index (χ2n) is 6.74. The first-order chi connectivity index (χ1) is 13.0. The summed E-state index contributed by atoms with van der Waals surface area (Å²) in [6, 6.07) is 13.9. The molecule has 0 aromatic heterocycles. The van der Waals surface area contributed by atoms with E-state index in [0.29, 0.717) is 5.56 Å². The van der Waals surface area contributed by atoms with Gasteiger partial charge in [0.25, 0.3) is 0 Å². The first-order valence-corrected chi connectivity index (χ1v) is 10.8. The van der Waals surface area contributed by atoms with Crippen LogP contribution in [0.3, 0.4) is 0 Å². The number of fused-ring (bicyclic) bond motifs is 1. The maximum absolute atomic E-state index is 12.3. The highest BCUT2D eigenvalue weighted by molar-refractivity contribution is 7.91. The summed E-state index contributed by atoms with van der Waals surface area (Å²) < 4.78 is 24.3. The molecule has 0 radical (unpaired) electrons. The molecule has 3 rings (SSSR count). The Labute approximate surface area is 159 Å². The molecule has 0 atom stereocenters. The van der Waals surface area contributed by atoms with Gasteiger partial charge in [-0.15, -0.1) is 0 Å². The summed E-state index contributed by atoms with van der Waals surface area (Å²) in [6.07, 6.45) is 3.38. The van der Waals surface area contributed by atoms with Gasteiger partial charge in [0.05, 0.1) is 10.6 Å². The normalized spacial score (nSPS) is 13.2. The van der Waals surface area contributed by atoms with Gasteiger partial charge < -0.3 is 5.32 Å². The van der Waals surface area contributed by atoms with Crippen molar-refractivity contribution in [3.05, 3.63) is 65.2 Å². The third kappa shape index (κ3) is 5.04. The van der Waals surface area contributed by atoms with Crippen molar-refractivity contribution in [2.24, 2.45) is 0 Å². The fourth-order valence-electron chi connectivity index (χ4n) is 3.28. The molecule has 0 bridgehead atoms. The van der Waals surface area contributed by atoms with Gasteiger partial charge in [-0.2, -0.15) is 0 Å².